The van der Waals surface area contributed by atoms with E-state index in [9.17, 15) is 0 Å². The number of fused-ring (bicyclic) bond motifs is 1. The minimum atomic E-state index is 0.253. The SMILES string of the molecule is COc1ccc(C(Br)c2cc3sccc3s2)c(C)c1. The van der Waals surface area contributed by atoms with Crippen LogP contribution in [0.2, 0.25) is 0 Å². The number of halogens is 1. The summed E-state index contributed by atoms with van der Waals surface area (Å²) in [6.45, 7) is 2.13. The highest BCUT2D eigenvalue weighted by molar-refractivity contribution is 9.09. The molecule has 0 aliphatic carbocycles. The molecule has 1 unspecified atom stereocenters. The highest BCUT2D eigenvalue weighted by atomic mass is 79.9. The molecule has 2 aromatic heterocycles. The molecule has 0 aliphatic rings. The van der Waals surface area contributed by atoms with Crippen LogP contribution in [-0.4, -0.2) is 7.11 Å². The Labute approximate surface area is 129 Å². The maximum absolute atomic E-state index is 5.26. The number of hydrogen-bond donors (Lipinski definition) is 0. The molecule has 0 N–H and O–H groups in total. The Balaban J connectivity index is 1.99. The molecule has 0 aliphatic heterocycles. The van der Waals surface area contributed by atoms with E-state index in [1.165, 1.54) is 25.4 Å². The molecular formula is C15H13BrOS2. The molecule has 0 amide bonds. The maximum atomic E-state index is 5.26. The van der Waals surface area contributed by atoms with Gasteiger partial charge in [-0.2, -0.15) is 0 Å². The molecule has 0 saturated carbocycles. The molecule has 3 rings (SSSR count). The number of thiophene rings is 2. The third kappa shape index (κ3) is 2.45. The van der Waals surface area contributed by atoms with Gasteiger partial charge >= 0.3 is 0 Å². The van der Waals surface area contributed by atoms with Crippen LogP contribution in [-0.2, 0) is 0 Å². The fourth-order valence-corrected chi connectivity index (χ4v) is 5.17. The second-order valence-electron chi connectivity index (χ2n) is 4.38. The summed E-state index contributed by atoms with van der Waals surface area (Å²) < 4.78 is 8.00. The van der Waals surface area contributed by atoms with Gasteiger partial charge in [-0.25, -0.2) is 0 Å². The summed E-state index contributed by atoms with van der Waals surface area (Å²) in [4.78, 5) is 1.61. The van der Waals surface area contributed by atoms with Crippen LogP contribution in [0.5, 0.6) is 5.75 Å². The van der Waals surface area contributed by atoms with Crippen LogP contribution in [0.15, 0.2) is 35.7 Å². The molecule has 98 valence electrons. The summed E-state index contributed by atoms with van der Waals surface area (Å²) in [5.41, 5.74) is 2.55. The molecule has 4 heteroatoms. The van der Waals surface area contributed by atoms with Gasteiger partial charge in [-0.05, 0) is 47.7 Å². The maximum Gasteiger partial charge on any atom is 0.119 e. The lowest BCUT2D eigenvalue weighted by Gasteiger charge is -2.12. The third-order valence-corrected chi connectivity index (χ3v) is 6.61. The average molecular weight is 353 g/mol. The monoisotopic (exact) mass is 352 g/mol. The van der Waals surface area contributed by atoms with Gasteiger partial charge in [0.2, 0.25) is 0 Å². The van der Waals surface area contributed by atoms with Crippen LogP contribution < -0.4 is 4.74 Å². The lowest BCUT2D eigenvalue weighted by molar-refractivity contribution is 0.414. The molecule has 0 spiro atoms. The number of alkyl halides is 1. The van der Waals surface area contributed by atoms with Crippen molar-refractivity contribution in [2.24, 2.45) is 0 Å². The lowest BCUT2D eigenvalue weighted by atomic mass is 10.0. The van der Waals surface area contributed by atoms with Crippen molar-refractivity contribution in [2.75, 3.05) is 7.11 Å². The Morgan fingerprint density at radius 1 is 1.16 bits per heavy atom. The number of ether oxygens (including phenoxy) is 1. The van der Waals surface area contributed by atoms with Crippen LogP contribution in [0, 0.1) is 6.92 Å². The van der Waals surface area contributed by atoms with E-state index in [4.69, 9.17) is 4.74 Å². The van der Waals surface area contributed by atoms with Crippen molar-refractivity contribution in [3.05, 3.63) is 51.7 Å². The number of rotatable bonds is 3. The van der Waals surface area contributed by atoms with Gasteiger partial charge in [-0.3, -0.25) is 0 Å². The van der Waals surface area contributed by atoms with E-state index in [2.05, 4.69) is 52.5 Å². The Morgan fingerprint density at radius 2 is 2.00 bits per heavy atom. The van der Waals surface area contributed by atoms with Crippen LogP contribution in [0.25, 0.3) is 9.40 Å². The molecule has 0 fully saturated rings. The van der Waals surface area contributed by atoms with E-state index >= 15 is 0 Å². The third-order valence-electron chi connectivity index (χ3n) is 3.16. The molecule has 2 heterocycles. The van der Waals surface area contributed by atoms with Crippen molar-refractivity contribution >= 4 is 48.0 Å². The van der Waals surface area contributed by atoms with Gasteiger partial charge in [0.05, 0.1) is 11.9 Å². The Bertz CT molecular complexity index is 685. The Hall–Kier alpha value is -0.840. The zero-order valence-electron chi connectivity index (χ0n) is 10.6. The minimum absolute atomic E-state index is 0.253. The highest BCUT2D eigenvalue weighted by Gasteiger charge is 2.16. The van der Waals surface area contributed by atoms with Gasteiger partial charge in [0.25, 0.3) is 0 Å². The Kier molecular flexibility index (Phi) is 3.65. The van der Waals surface area contributed by atoms with Crippen LogP contribution in [0.3, 0.4) is 0 Å². The largest absolute Gasteiger partial charge is 0.497 e. The number of hydrogen-bond acceptors (Lipinski definition) is 3. The first kappa shape index (κ1) is 13.2. The standard InChI is InChI=1S/C15H13BrOS2/c1-9-7-10(17-2)3-4-11(9)15(16)14-8-13-12(19-14)5-6-18-13/h3-8,15H,1-2H3. The molecule has 0 radical (unpaired) electrons. The summed E-state index contributed by atoms with van der Waals surface area (Å²) in [5, 5.41) is 2.15. The molecule has 1 atom stereocenters. The summed E-state index contributed by atoms with van der Waals surface area (Å²) in [6, 6.07) is 10.7. The number of methoxy groups -OCH3 is 1. The van der Waals surface area contributed by atoms with E-state index in [0.29, 0.717) is 0 Å². The smallest absolute Gasteiger partial charge is 0.119 e. The number of benzene rings is 1. The van der Waals surface area contributed by atoms with Gasteiger partial charge in [0.15, 0.2) is 0 Å². The van der Waals surface area contributed by atoms with Crippen LogP contribution in [0.1, 0.15) is 20.8 Å². The predicted molar refractivity (Wildman–Crippen MR) is 88.2 cm³/mol. The second kappa shape index (κ2) is 5.27. The summed E-state index contributed by atoms with van der Waals surface area (Å²) in [7, 11) is 1.70. The molecule has 0 bridgehead atoms. The first-order valence-corrected chi connectivity index (χ1v) is 8.56. The molecular weight excluding hydrogens is 340 g/mol. The average Bonchev–Trinajstić information content (AvgIpc) is 2.98. The van der Waals surface area contributed by atoms with Gasteiger partial charge in [-0.15, -0.1) is 22.7 Å². The van der Waals surface area contributed by atoms with Gasteiger partial charge in [0, 0.05) is 14.3 Å². The van der Waals surface area contributed by atoms with E-state index < -0.39 is 0 Å². The highest BCUT2D eigenvalue weighted by Crippen LogP contribution is 2.41. The number of aryl methyl sites for hydroxylation is 1. The van der Waals surface area contributed by atoms with Gasteiger partial charge < -0.3 is 4.74 Å². The normalized spacial score (nSPS) is 12.8. The summed E-state index contributed by atoms with van der Waals surface area (Å²) in [5.74, 6) is 0.910. The van der Waals surface area contributed by atoms with Crippen molar-refractivity contribution in [1.82, 2.24) is 0 Å². The van der Waals surface area contributed by atoms with E-state index in [-0.39, 0.29) is 4.83 Å². The predicted octanol–water partition coefficient (Wildman–Crippen LogP) is 5.76. The van der Waals surface area contributed by atoms with Gasteiger partial charge in [0.1, 0.15) is 5.75 Å². The minimum Gasteiger partial charge on any atom is -0.497 e. The zero-order chi connectivity index (χ0) is 13.4. The van der Waals surface area contributed by atoms with E-state index in [0.717, 1.165) is 5.75 Å². The fourth-order valence-electron chi connectivity index (χ4n) is 2.12. The van der Waals surface area contributed by atoms with Crippen molar-refractivity contribution in [3.8, 4) is 5.75 Å². The molecule has 3 aromatic rings. The second-order valence-corrected chi connectivity index (χ2v) is 7.36. The van der Waals surface area contributed by atoms with E-state index in [1.807, 2.05) is 17.4 Å². The first-order valence-electron chi connectivity index (χ1n) is 5.94. The van der Waals surface area contributed by atoms with Crippen LogP contribution in [0.4, 0.5) is 0 Å². The molecule has 1 aromatic carbocycles. The fraction of sp³-hybridized carbons (Fsp3) is 0.200. The van der Waals surface area contributed by atoms with Crippen molar-refractivity contribution in [3.63, 3.8) is 0 Å². The molecule has 19 heavy (non-hydrogen) atoms. The quantitative estimate of drug-likeness (QED) is 0.544. The zero-order valence-corrected chi connectivity index (χ0v) is 13.9. The first-order chi connectivity index (χ1) is 9.19. The van der Waals surface area contributed by atoms with Crippen molar-refractivity contribution in [1.29, 1.82) is 0 Å². The summed E-state index contributed by atoms with van der Waals surface area (Å²) in [6.07, 6.45) is 0. The van der Waals surface area contributed by atoms with E-state index in [1.54, 1.807) is 18.4 Å². The van der Waals surface area contributed by atoms with Crippen molar-refractivity contribution < 1.29 is 4.74 Å². The molecule has 0 saturated heterocycles. The van der Waals surface area contributed by atoms with Crippen molar-refractivity contribution in [2.45, 2.75) is 11.8 Å². The molecule has 1 nitrogen and oxygen atoms in total. The lowest BCUT2D eigenvalue weighted by Crippen LogP contribution is -1.94. The summed E-state index contributed by atoms with van der Waals surface area (Å²) >= 11 is 7.49. The Morgan fingerprint density at radius 3 is 2.68 bits per heavy atom. The van der Waals surface area contributed by atoms with Crippen LogP contribution >= 0.6 is 38.6 Å². The van der Waals surface area contributed by atoms with Gasteiger partial charge in [-0.1, -0.05) is 22.0 Å². The topological polar surface area (TPSA) is 9.23 Å².